The summed E-state index contributed by atoms with van der Waals surface area (Å²) < 4.78 is 5.14. The van der Waals surface area contributed by atoms with Crippen LogP contribution in [0, 0.1) is 11.3 Å². The van der Waals surface area contributed by atoms with Gasteiger partial charge in [0.1, 0.15) is 0 Å². The van der Waals surface area contributed by atoms with Gasteiger partial charge in [-0.15, -0.1) is 0 Å². The van der Waals surface area contributed by atoms with Gasteiger partial charge in [0.15, 0.2) is 5.96 Å². The van der Waals surface area contributed by atoms with Crippen LogP contribution in [0.4, 0.5) is 0 Å². The lowest BCUT2D eigenvalue weighted by atomic mass is 9.98. The standard InChI is InChI=1S/C15H27N3O2/c1-5-20-13(19)11-7-6-8-18(10-11)14(16-4)17-12-9-15(12,2)3/h11-12H,5-10H2,1-4H3,(H,16,17)/t11-,12?/m1/s1. The first kappa shape index (κ1) is 15.1. The van der Waals surface area contributed by atoms with Crippen molar-refractivity contribution in [3.05, 3.63) is 0 Å². The summed E-state index contributed by atoms with van der Waals surface area (Å²) in [5, 5.41) is 3.52. The van der Waals surface area contributed by atoms with E-state index in [0.29, 0.717) is 24.6 Å². The lowest BCUT2D eigenvalue weighted by Gasteiger charge is -2.34. The number of esters is 1. The van der Waals surface area contributed by atoms with Gasteiger partial charge in [0.25, 0.3) is 0 Å². The molecule has 2 atom stereocenters. The molecule has 0 aromatic heterocycles. The van der Waals surface area contributed by atoms with Crippen LogP contribution in [0.25, 0.3) is 0 Å². The Bertz CT molecular complexity index is 393. The molecule has 0 bridgehead atoms. The van der Waals surface area contributed by atoms with Crippen molar-refractivity contribution in [2.24, 2.45) is 16.3 Å². The molecule has 1 unspecified atom stereocenters. The normalized spacial score (nSPS) is 29.0. The van der Waals surface area contributed by atoms with Gasteiger partial charge < -0.3 is 15.0 Å². The third-order valence-corrected chi connectivity index (χ3v) is 4.37. The van der Waals surface area contributed by atoms with Crippen molar-refractivity contribution in [3.8, 4) is 0 Å². The Labute approximate surface area is 121 Å². The molecule has 0 aromatic carbocycles. The maximum Gasteiger partial charge on any atom is 0.310 e. The van der Waals surface area contributed by atoms with E-state index in [1.807, 2.05) is 14.0 Å². The Balaban J connectivity index is 1.91. The molecule has 1 aliphatic heterocycles. The van der Waals surface area contributed by atoms with Crippen molar-refractivity contribution >= 4 is 11.9 Å². The number of carbonyl (C=O) groups excluding carboxylic acids is 1. The molecule has 5 heteroatoms. The van der Waals surface area contributed by atoms with Gasteiger partial charge in [-0.3, -0.25) is 9.79 Å². The second-order valence-electron chi connectivity index (χ2n) is 6.47. The van der Waals surface area contributed by atoms with Gasteiger partial charge in [-0.05, 0) is 31.6 Å². The number of carbonyl (C=O) groups is 1. The van der Waals surface area contributed by atoms with Crippen molar-refractivity contribution in [2.75, 3.05) is 26.7 Å². The second-order valence-corrected chi connectivity index (χ2v) is 6.47. The minimum atomic E-state index is -0.0700. The lowest BCUT2D eigenvalue weighted by molar-refractivity contribution is -0.149. The van der Waals surface area contributed by atoms with Gasteiger partial charge in [0, 0.05) is 26.2 Å². The van der Waals surface area contributed by atoms with Gasteiger partial charge >= 0.3 is 5.97 Å². The van der Waals surface area contributed by atoms with Gasteiger partial charge in [-0.25, -0.2) is 0 Å². The smallest absolute Gasteiger partial charge is 0.310 e. The molecule has 114 valence electrons. The molecule has 1 saturated carbocycles. The maximum absolute atomic E-state index is 11.9. The average molecular weight is 281 g/mol. The third kappa shape index (κ3) is 3.44. The zero-order valence-corrected chi connectivity index (χ0v) is 13.1. The summed E-state index contributed by atoms with van der Waals surface area (Å²) in [5.74, 6) is 0.837. The Kier molecular flexibility index (Phi) is 4.55. The summed E-state index contributed by atoms with van der Waals surface area (Å²) in [6, 6.07) is 0.504. The predicted octanol–water partition coefficient (Wildman–Crippen LogP) is 1.64. The summed E-state index contributed by atoms with van der Waals surface area (Å²) in [7, 11) is 1.81. The van der Waals surface area contributed by atoms with Crippen LogP contribution in [-0.4, -0.2) is 49.6 Å². The Morgan fingerprint density at radius 3 is 2.75 bits per heavy atom. The molecule has 0 amide bonds. The summed E-state index contributed by atoms with van der Waals surface area (Å²) in [6.45, 7) is 8.51. The maximum atomic E-state index is 11.9. The first-order chi connectivity index (χ1) is 9.47. The van der Waals surface area contributed by atoms with E-state index in [4.69, 9.17) is 4.74 Å². The van der Waals surface area contributed by atoms with Gasteiger partial charge in [0.05, 0.1) is 12.5 Å². The minimum absolute atomic E-state index is 0.0190. The number of hydrogen-bond acceptors (Lipinski definition) is 3. The number of rotatable bonds is 3. The van der Waals surface area contributed by atoms with Crippen molar-refractivity contribution < 1.29 is 9.53 Å². The second kappa shape index (κ2) is 6.02. The average Bonchev–Trinajstić information content (AvgIpc) is 3.03. The highest BCUT2D eigenvalue weighted by molar-refractivity contribution is 5.82. The Morgan fingerprint density at radius 1 is 1.50 bits per heavy atom. The van der Waals surface area contributed by atoms with Crippen LogP contribution in [0.2, 0.25) is 0 Å². The first-order valence-electron chi connectivity index (χ1n) is 7.63. The van der Waals surface area contributed by atoms with Crippen LogP contribution < -0.4 is 5.32 Å². The number of ether oxygens (including phenoxy) is 1. The van der Waals surface area contributed by atoms with E-state index in [1.54, 1.807) is 0 Å². The summed E-state index contributed by atoms with van der Waals surface area (Å²) in [6.07, 6.45) is 3.11. The third-order valence-electron chi connectivity index (χ3n) is 4.37. The molecule has 5 nitrogen and oxygen atoms in total. The van der Waals surface area contributed by atoms with Crippen molar-refractivity contribution in [1.82, 2.24) is 10.2 Å². The van der Waals surface area contributed by atoms with E-state index in [9.17, 15) is 4.79 Å². The van der Waals surface area contributed by atoms with Crippen LogP contribution >= 0.6 is 0 Å². The fraction of sp³-hybridized carbons (Fsp3) is 0.867. The number of piperidine rings is 1. The number of nitrogens with one attached hydrogen (secondary N) is 1. The molecular weight excluding hydrogens is 254 g/mol. The molecule has 2 rings (SSSR count). The number of hydrogen-bond donors (Lipinski definition) is 1. The van der Waals surface area contributed by atoms with Crippen molar-refractivity contribution in [3.63, 3.8) is 0 Å². The molecule has 2 fully saturated rings. The molecule has 20 heavy (non-hydrogen) atoms. The zero-order chi connectivity index (χ0) is 14.8. The highest BCUT2D eigenvalue weighted by Crippen LogP contribution is 2.44. The van der Waals surface area contributed by atoms with Crippen molar-refractivity contribution in [2.45, 2.75) is 46.1 Å². The number of guanidine groups is 1. The van der Waals surface area contributed by atoms with Gasteiger partial charge in [-0.1, -0.05) is 13.8 Å². The van der Waals surface area contributed by atoms with Gasteiger partial charge in [-0.2, -0.15) is 0 Å². The topological polar surface area (TPSA) is 53.9 Å². The Morgan fingerprint density at radius 2 is 2.20 bits per heavy atom. The van der Waals surface area contributed by atoms with E-state index in [1.165, 1.54) is 6.42 Å². The summed E-state index contributed by atoms with van der Waals surface area (Å²) >= 11 is 0. The molecule has 1 saturated heterocycles. The predicted molar refractivity (Wildman–Crippen MR) is 79.6 cm³/mol. The number of nitrogens with zero attached hydrogens (tertiary/aromatic N) is 2. The van der Waals surface area contributed by atoms with Crippen LogP contribution in [0.5, 0.6) is 0 Å². The number of aliphatic imine (C=N–C) groups is 1. The van der Waals surface area contributed by atoms with E-state index in [-0.39, 0.29) is 11.9 Å². The fourth-order valence-electron chi connectivity index (χ4n) is 2.79. The molecule has 0 aromatic rings. The molecule has 0 spiro atoms. The molecule has 0 radical (unpaired) electrons. The molecule has 1 heterocycles. The van der Waals surface area contributed by atoms with Gasteiger partial charge in [0.2, 0.25) is 0 Å². The molecule has 1 N–H and O–H groups in total. The highest BCUT2D eigenvalue weighted by atomic mass is 16.5. The van der Waals surface area contributed by atoms with E-state index < -0.39 is 0 Å². The first-order valence-corrected chi connectivity index (χ1v) is 7.63. The highest BCUT2D eigenvalue weighted by Gasteiger charge is 2.46. The van der Waals surface area contributed by atoms with E-state index >= 15 is 0 Å². The van der Waals surface area contributed by atoms with E-state index in [0.717, 1.165) is 25.3 Å². The monoisotopic (exact) mass is 281 g/mol. The quantitative estimate of drug-likeness (QED) is 0.485. The molecule has 1 aliphatic carbocycles. The zero-order valence-electron chi connectivity index (χ0n) is 13.1. The molecular formula is C15H27N3O2. The lowest BCUT2D eigenvalue weighted by Crippen LogP contribution is -2.49. The number of likely N-dealkylation sites (tertiary alicyclic amines) is 1. The molecule has 2 aliphatic rings. The minimum Gasteiger partial charge on any atom is -0.466 e. The summed E-state index contributed by atoms with van der Waals surface area (Å²) in [5.41, 5.74) is 0.367. The summed E-state index contributed by atoms with van der Waals surface area (Å²) in [4.78, 5) is 18.5. The van der Waals surface area contributed by atoms with Crippen molar-refractivity contribution in [1.29, 1.82) is 0 Å². The Hall–Kier alpha value is -1.26. The fourth-order valence-corrected chi connectivity index (χ4v) is 2.79. The van der Waals surface area contributed by atoms with Crippen LogP contribution in [-0.2, 0) is 9.53 Å². The van der Waals surface area contributed by atoms with Crippen LogP contribution in [0.3, 0.4) is 0 Å². The van der Waals surface area contributed by atoms with Crippen LogP contribution in [0.15, 0.2) is 4.99 Å². The SMILES string of the molecule is CCOC(=O)[C@@H]1CCCN(C(=NC)NC2CC2(C)C)C1. The van der Waals surface area contributed by atoms with Crippen LogP contribution in [0.1, 0.15) is 40.0 Å². The van der Waals surface area contributed by atoms with E-state index in [2.05, 4.69) is 29.1 Å². The largest absolute Gasteiger partial charge is 0.466 e.